The zero-order chi connectivity index (χ0) is 24.1. The van der Waals surface area contributed by atoms with Gasteiger partial charge in [-0.1, -0.05) is 86.6 Å². The molecule has 34 heavy (non-hydrogen) atoms. The molecule has 0 saturated heterocycles. The second-order valence-corrected chi connectivity index (χ2v) is 8.61. The van der Waals surface area contributed by atoms with Gasteiger partial charge in [0.1, 0.15) is 18.8 Å². The normalized spacial score (nSPS) is 12.3. The number of carbonyl (C=O) groups is 1. The van der Waals surface area contributed by atoms with E-state index in [2.05, 4.69) is 10.3 Å². The van der Waals surface area contributed by atoms with E-state index in [-0.39, 0.29) is 30.4 Å². The molecule has 6 nitrogen and oxygen atoms in total. The standard InChI is InChI=1S/C28H28N2O4/c1-18(2)25(27-29-22-16-10-11-19(3)24(22)28(32)34-27)30-23(31)17-33-26(20-12-6-4-7-13-20)21-14-8-5-9-15-21/h4-16,18,25-26H,17H2,1-3H3,(H,30,31). The number of benzene rings is 3. The third kappa shape index (κ3) is 5.24. The predicted molar refractivity (Wildman–Crippen MR) is 131 cm³/mol. The van der Waals surface area contributed by atoms with Crippen molar-refractivity contribution in [2.24, 2.45) is 5.92 Å². The number of hydrogen-bond acceptors (Lipinski definition) is 5. The molecule has 6 heteroatoms. The number of aromatic nitrogens is 1. The van der Waals surface area contributed by atoms with E-state index in [9.17, 15) is 9.59 Å². The van der Waals surface area contributed by atoms with Gasteiger partial charge in [0.15, 0.2) is 0 Å². The van der Waals surface area contributed by atoms with Crippen molar-refractivity contribution in [3.8, 4) is 0 Å². The third-order valence-corrected chi connectivity index (χ3v) is 5.72. The number of aryl methyl sites for hydroxylation is 1. The molecule has 0 aliphatic heterocycles. The summed E-state index contributed by atoms with van der Waals surface area (Å²) < 4.78 is 11.6. The lowest BCUT2D eigenvalue weighted by atomic mass is 10.0. The van der Waals surface area contributed by atoms with E-state index >= 15 is 0 Å². The van der Waals surface area contributed by atoms with E-state index in [1.54, 1.807) is 6.07 Å². The molecule has 0 aliphatic carbocycles. The molecule has 0 radical (unpaired) electrons. The van der Waals surface area contributed by atoms with Gasteiger partial charge >= 0.3 is 5.63 Å². The maximum atomic E-state index is 12.9. The highest BCUT2D eigenvalue weighted by atomic mass is 16.5. The van der Waals surface area contributed by atoms with Gasteiger partial charge < -0.3 is 14.5 Å². The molecule has 0 fully saturated rings. The Morgan fingerprint density at radius 2 is 1.56 bits per heavy atom. The number of nitrogens with zero attached hydrogens (tertiary/aromatic N) is 1. The van der Waals surface area contributed by atoms with Crippen LogP contribution in [0, 0.1) is 12.8 Å². The summed E-state index contributed by atoms with van der Waals surface area (Å²) in [6.07, 6.45) is -0.384. The maximum absolute atomic E-state index is 12.9. The quantitative estimate of drug-likeness (QED) is 0.398. The second kappa shape index (κ2) is 10.4. The van der Waals surface area contributed by atoms with Crippen molar-refractivity contribution in [1.82, 2.24) is 10.3 Å². The molecule has 174 valence electrons. The number of fused-ring (bicyclic) bond motifs is 1. The first-order valence-corrected chi connectivity index (χ1v) is 11.3. The van der Waals surface area contributed by atoms with Crippen LogP contribution in [0.3, 0.4) is 0 Å². The van der Waals surface area contributed by atoms with Crippen molar-refractivity contribution in [3.63, 3.8) is 0 Å². The van der Waals surface area contributed by atoms with Gasteiger partial charge in [-0.25, -0.2) is 9.78 Å². The molecule has 1 heterocycles. The van der Waals surface area contributed by atoms with E-state index in [0.717, 1.165) is 16.7 Å². The Kier molecular flexibility index (Phi) is 7.18. The number of hydrogen-bond donors (Lipinski definition) is 1. The molecule has 1 unspecified atom stereocenters. The van der Waals surface area contributed by atoms with E-state index in [1.807, 2.05) is 93.6 Å². The summed E-state index contributed by atoms with van der Waals surface area (Å²) in [7, 11) is 0. The van der Waals surface area contributed by atoms with Crippen molar-refractivity contribution in [2.45, 2.75) is 32.9 Å². The van der Waals surface area contributed by atoms with Crippen LogP contribution in [0.15, 0.2) is 88.1 Å². The lowest BCUT2D eigenvalue weighted by Gasteiger charge is -2.22. The average molecular weight is 457 g/mol. The molecule has 0 aliphatic rings. The summed E-state index contributed by atoms with van der Waals surface area (Å²) in [5.41, 5.74) is 2.81. The van der Waals surface area contributed by atoms with Crippen LogP contribution in [0.25, 0.3) is 10.9 Å². The molecule has 1 N–H and O–H groups in total. The third-order valence-electron chi connectivity index (χ3n) is 5.72. The topological polar surface area (TPSA) is 81.4 Å². The minimum absolute atomic E-state index is 0.0547. The molecular formula is C28H28N2O4. The van der Waals surface area contributed by atoms with E-state index < -0.39 is 11.7 Å². The Morgan fingerprint density at radius 1 is 0.941 bits per heavy atom. The summed E-state index contributed by atoms with van der Waals surface area (Å²) in [6.45, 7) is 5.56. The summed E-state index contributed by atoms with van der Waals surface area (Å²) in [5, 5.41) is 3.39. The summed E-state index contributed by atoms with van der Waals surface area (Å²) >= 11 is 0. The van der Waals surface area contributed by atoms with Crippen molar-refractivity contribution in [1.29, 1.82) is 0 Å². The van der Waals surface area contributed by atoms with Crippen LogP contribution in [-0.2, 0) is 9.53 Å². The number of ether oxygens (including phenoxy) is 1. The van der Waals surface area contributed by atoms with Crippen molar-refractivity contribution >= 4 is 16.8 Å². The molecule has 1 aromatic heterocycles. The Hall–Kier alpha value is -3.77. The number of rotatable bonds is 8. The van der Waals surface area contributed by atoms with Crippen LogP contribution in [-0.4, -0.2) is 17.5 Å². The van der Waals surface area contributed by atoms with E-state index in [1.165, 1.54) is 0 Å². The highest BCUT2D eigenvalue weighted by Crippen LogP contribution is 2.26. The van der Waals surface area contributed by atoms with Gasteiger partial charge in [-0.05, 0) is 35.6 Å². The Labute approximate surface area is 198 Å². The van der Waals surface area contributed by atoms with Crippen LogP contribution < -0.4 is 10.9 Å². The highest BCUT2D eigenvalue weighted by molar-refractivity contribution is 5.81. The van der Waals surface area contributed by atoms with Gasteiger partial charge in [-0.15, -0.1) is 0 Å². The first kappa shape index (κ1) is 23.4. The van der Waals surface area contributed by atoms with Crippen LogP contribution in [0.5, 0.6) is 0 Å². The second-order valence-electron chi connectivity index (χ2n) is 8.61. The molecule has 3 aromatic carbocycles. The van der Waals surface area contributed by atoms with Crippen molar-refractivity contribution in [2.75, 3.05) is 6.61 Å². The van der Waals surface area contributed by atoms with Crippen molar-refractivity contribution < 1.29 is 13.9 Å². The monoisotopic (exact) mass is 456 g/mol. The zero-order valence-electron chi connectivity index (χ0n) is 19.5. The van der Waals surface area contributed by atoms with Gasteiger partial charge in [0.2, 0.25) is 11.8 Å². The molecular weight excluding hydrogens is 428 g/mol. The fourth-order valence-corrected chi connectivity index (χ4v) is 3.96. The SMILES string of the molecule is Cc1cccc2nc(C(NC(=O)COC(c3ccccc3)c3ccccc3)C(C)C)oc(=O)c12. The fourth-order valence-electron chi connectivity index (χ4n) is 3.96. The van der Waals surface area contributed by atoms with Gasteiger partial charge in [0.05, 0.1) is 10.9 Å². The predicted octanol–water partition coefficient (Wildman–Crippen LogP) is 5.12. The fraction of sp³-hybridized carbons (Fsp3) is 0.250. The molecule has 0 spiro atoms. The summed E-state index contributed by atoms with van der Waals surface area (Å²) in [5.74, 6) is -0.181. The number of carbonyl (C=O) groups excluding carboxylic acids is 1. The minimum atomic E-state index is -0.569. The molecule has 4 aromatic rings. The maximum Gasteiger partial charge on any atom is 0.347 e. The van der Waals surface area contributed by atoms with Crippen LogP contribution in [0.1, 0.15) is 48.6 Å². The molecule has 0 bridgehead atoms. The lowest BCUT2D eigenvalue weighted by Crippen LogP contribution is -2.35. The van der Waals surface area contributed by atoms with Gasteiger partial charge in [-0.2, -0.15) is 0 Å². The lowest BCUT2D eigenvalue weighted by molar-refractivity contribution is -0.128. The largest absolute Gasteiger partial charge is 0.406 e. The molecule has 1 atom stereocenters. The van der Waals surface area contributed by atoms with Gasteiger partial charge in [0.25, 0.3) is 0 Å². The Balaban J connectivity index is 1.53. The van der Waals surface area contributed by atoms with E-state index in [0.29, 0.717) is 10.9 Å². The number of amides is 1. The first-order valence-electron chi connectivity index (χ1n) is 11.3. The van der Waals surface area contributed by atoms with Gasteiger partial charge in [0, 0.05) is 0 Å². The number of nitrogens with one attached hydrogen (secondary N) is 1. The zero-order valence-corrected chi connectivity index (χ0v) is 19.5. The molecule has 0 saturated carbocycles. The molecule has 4 rings (SSSR count). The first-order chi connectivity index (χ1) is 16.4. The summed E-state index contributed by atoms with van der Waals surface area (Å²) in [4.78, 5) is 30.1. The highest BCUT2D eigenvalue weighted by Gasteiger charge is 2.25. The Morgan fingerprint density at radius 3 is 2.15 bits per heavy atom. The van der Waals surface area contributed by atoms with E-state index in [4.69, 9.17) is 9.15 Å². The minimum Gasteiger partial charge on any atom is -0.406 e. The van der Waals surface area contributed by atoms with Crippen LogP contribution >= 0.6 is 0 Å². The average Bonchev–Trinajstić information content (AvgIpc) is 2.83. The summed E-state index contributed by atoms with van der Waals surface area (Å²) in [6, 6.07) is 24.4. The van der Waals surface area contributed by atoms with Crippen molar-refractivity contribution in [3.05, 3.63) is 112 Å². The van der Waals surface area contributed by atoms with Crippen LogP contribution in [0.2, 0.25) is 0 Å². The van der Waals surface area contributed by atoms with Gasteiger partial charge in [-0.3, -0.25) is 4.79 Å². The smallest absolute Gasteiger partial charge is 0.347 e. The molecule has 1 amide bonds. The van der Waals surface area contributed by atoms with Crippen LogP contribution in [0.4, 0.5) is 0 Å². The Bertz CT molecular complexity index is 1280.